The molecule has 0 saturated heterocycles. The molecule has 1 aromatic heterocycles. The molecule has 0 radical (unpaired) electrons. The van der Waals surface area contributed by atoms with Gasteiger partial charge in [-0.15, -0.1) is 0 Å². The Bertz CT molecular complexity index is 676. The van der Waals surface area contributed by atoms with E-state index in [4.69, 9.17) is 4.74 Å². The molecule has 0 spiro atoms. The van der Waals surface area contributed by atoms with Gasteiger partial charge in [-0.1, -0.05) is 43.7 Å². The monoisotopic (exact) mass is 342 g/mol. The molecule has 1 aromatic carbocycles. The third kappa shape index (κ3) is 5.53. The number of nitrogens with one attached hydrogen (secondary N) is 1. The molecule has 6 heteroatoms. The van der Waals surface area contributed by atoms with Crippen molar-refractivity contribution in [3.8, 4) is 11.4 Å². The summed E-state index contributed by atoms with van der Waals surface area (Å²) in [6.07, 6.45) is 2.17. The predicted octanol–water partition coefficient (Wildman–Crippen LogP) is 2.76. The van der Waals surface area contributed by atoms with Crippen molar-refractivity contribution in [2.24, 2.45) is 0 Å². The number of anilines is 1. The summed E-state index contributed by atoms with van der Waals surface area (Å²) < 4.78 is 4.97. The first-order chi connectivity index (χ1) is 12.2. The van der Waals surface area contributed by atoms with Gasteiger partial charge < -0.3 is 15.0 Å². The van der Waals surface area contributed by atoms with Crippen LogP contribution in [0, 0.1) is 0 Å². The zero-order valence-electron chi connectivity index (χ0n) is 15.2. The van der Waals surface area contributed by atoms with Crippen LogP contribution >= 0.6 is 0 Å². The lowest BCUT2D eigenvalue weighted by Gasteiger charge is -2.19. The van der Waals surface area contributed by atoms with Crippen molar-refractivity contribution in [2.75, 3.05) is 38.8 Å². The summed E-state index contributed by atoms with van der Waals surface area (Å²) in [5, 5.41) is 2.82. The van der Waals surface area contributed by atoms with Crippen molar-refractivity contribution in [3.05, 3.63) is 42.1 Å². The van der Waals surface area contributed by atoms with Crippen LogP contribution in [0.3, 0.4) is 0 Å². The minimum atomic E-state index is -0.221. The molecule has 2 rings (SSSR count). The first kappa shape index (κ1) is 18.9. The number of rotatable bonds is 9. The Morgan fingerprint density at radius 1 is 1.24 bits per heavy atom. The number of methoxy groups -OCH3 is 1. The number of hydrogen-bond donors (Lipinski definition) is 1. The molecule has 134 valence electrons. The van der Waals surface area contributed by atoms with E-state index in [2.05, 4.69) is 27.1 Å². The Labute approximate surface area is 149 Å². The summed E-state index contributed by atoms with van der Waals surface area (Å²) in [4.78, 5) is 23.6. The van der Waals surface area contributed by atoms with Gasteiger partial charge >= 0.3 is 0 Å². The molecule has 25 heavy (non-hydrogen) atoms. The second kappa shape index (κ2) is 9.74. The Morgan fingerprint density at radius 2 is 2.00 bits per heavy atom. The van der Waals surface area contributed by atoms with E-state index in [-0.39, 0.29) is 5.91 Å². The number of nitrogens with zero attached hydrogens (tertiary/aromatic N) is 3. The second-order valence-electron chi connectivity index (χ2n) is 5.82. The number of carbonyl (C=O) groups is 1. The van der Waals surface area contributed by atoms with Crippen LogP contribution in [0.15, 0.2) is 36.4 Å². The maximum Gasteiger partial charge on any atom is 0.270 e. The van der Waals surface area contributed by atoms with Gasteiger partial charge in [-0.2, -0.15) is 0 Å². The molecule has 0 fully saturated rings. The molecule has 1 amide bonds. The van der Waals surface area contributed by atoms with E-state index in [0.717, 1.165) is 30.8 Å². The average Bonchev–Trinajstić information content (AvgIpc) is 2.66. The van der Waals surface area contributed by atoms with E-state index >= 15 is 0 Å². The molecular weight excluding hydrogens is 316 g/mol. The third-order valence-electron chi connectivity index (χ3n) is 3.81. The molecule has 0 unspecified atom stereocenters. The van der Waals surface area contributed by atoms with Gasteiger partial charge in [0.25, 0.3) is 5.91 Å². The summed E-state index contributed by atoms with van der Waals surface area (Å²) in [6, 6.07) is 11.4. The van der Waals surface area contributed by atoms with Crippen molar-refractivity contribution < 1.29 is 9.53 Å². The molecule has 1 heterocycles. The summed E-state index contributed by atoms with van der Waals surface area (Å²) in [6.45, 7) is 3.94. The van der Waals surface area contributed by atoms with Crippen LogP contribution in [0.4, 0.5) is 5.82 Å². The van der Waals surface area contributed by atoms with Crippen LogP contribution in [0.5, 0.6) is 0 Å². The standard InChI is InChI=1S/C19H26N4O2/c1-4-5-12-23(2)17-14-16(19(24)20-11-13-25-3)21-18(22-17)15-9-7-6-8-10-15/h6-10,14H,4-5,11-13H2,1-3H3,(H,20,24). The van der Waals surface area contributed by atoms with Crippen molar-refractivity contribution in [3.63, 3.8) is 0 Å². The lowest BCUT2D eigenvalue weighted by atomic mass is 10.2. The third-order valence-corrected chi connectivity index (χ3v) is 3.81. The number of carbonyl (C=O) groups excluding carboxylic acids is 1. The minimum absolute atomic E-state index is 0.221. The molecule has 0 saturated carbocycles. The van der Waals surface area contributed by atoms with Gasteiger partial charge in [-0.25, -0.2) is 9.97 Å². The van der Waals surface area contributed by atoms with Crippen LogP contribution < -0.4 is 10.2 Å². The van der Waals surface area contributed by atoms with Crippen LogP contribution in [0.1, 0.15) is 30.3 Å². The molecule has 0 aliphatic rings. The van der Waals surface area contributed by atoms with Crippen LogP contribution in [-0.2, 0) is 4.74 Å². The van der Waals surface area contributed by atoms with Gasteiger partial charge in [0.05, 0.1) is 6.61 Å². The number of aromatic nitrogens is 2. The van der Waals surface area contributed by atoms with Gasteiger partial charge in [-0.3, -0.25) is 4.79 Å². The highest BCUT2D eigenvalue weighted by molar-refractivity contribution is 5.93. The van der Waals surface area contributed by atoms with Gasteiger partial charge in [-0.05, 0) is 6.42 Å². The van der Waals surface area contributed by atoms with E-state index in [9.17, 15) is 4.79 Å². The molecule has 1 N–H and O–H groups in total. The number of ether oxygens (including phenoxy) is 1. The maximum atomic E-state index is 12.4. The molecule has 0 atom stereocenters. The topological polar surface area (TPSA) is 67.4 Å². The second-order valence-corrected chi connectivity index (χ2v) is 5.82. The highest BCUT2D eigenvalue weighted by Gasteiger charge is 2.14. The maximum absolute atomic E-state index is 12.4. The fourth-order valence-corrected chi connectivity index (χ4v) is 2.33. The average molecular weight is 342 g/mol. The molecule has 0 bridgehead atoms. The quantitative estimate of drug-likeness (QED) is 0.710. The number of hydrogen-bond acceptors (Lipinski definition) is 5. The Hall–Kier alpha value is -2.47. The fourth-order valence-electron chi connectivity index (χ4n) is 2.33. The van der Waals surface area contributed by atoms with Crippen molar-refractivity contribution in [2.45, 2.75) is 19.8 Å². The first-order valence-electron chi connectivity index (χ1n) is 8.58. The highest BCUT2D eigenvalue weighted by atomic mass is 16.5. The van der Waals surface area contributed by atoms with E-state index < -0.39 is 0 Å². The smallest absolute Gasteiger partial charge is 0.270 e. The van der Waals surface area contributed by atoms with Crippen LogP contribution in [0.2, 0.25) is 0 Å². The summed E-state index contributed by atoms with van der Waals surface area (Å²) in [7, 11) is 3.59. The van der Waals surface area contributed by atoms with Gasteiger partial charge in [0.1, 0.15) is 11.5 Å². The Morgan fingerprint density at radius 3 is 2.68 bits per heavy atom. The lowest BCUT2D eigenvalue weighted by molar-refractivity contribution is 0.0932. The number of unbranched alkanes of at least 4 members (excludes halogenated alkanes) is 1. The SMILES string of the molecule is CCCCN(C)c1cc(C(=O)NCCOC)nc(-c2ccccc2)n1. The van der Waals surface area contributed by atoms with Gasteiger partial charge in [0.2, 0.25) is 0 Å². The summed E-state index contributed by atoms with van der Waals surface area (Å²) >= 11 is 0. The normalized spacial score (nSPS) is 10.5. The Balaban J connectivity index is 2.32. The van der Waals surface area contributed by atoms with Gasteiger partial charge in [0, 0.05) is 38.9 Å². The van der Waals surface area contributed by atoms with Crippen LogP contribution in [0.25, 0.3) is 11.4 Å². The Kier molecular flexibility index (Phi) is 7.35. The molecule has 0 aliphatic heterocycles. The first-order valence-corrected chi connectivity index (χ1v) is 8.58. The largest absolute Gasteiger partial charge is 0.383 e. The van der Waals surface area contributed by atoms with Crippen molar-refractivity contribution in [1.82, 2.24) is 15.3 Å². The predicted molar refractivity (Wildman–Crippen MR) is 99.9 cm³/mol. The van der Waals surface area contributed by atoms with E-state index in [1.807, 2.05) is 37.4 Å². The fraction of sp³-hybridized carbons (Fsp3) is 0.421. The summed E-state index contributed by atoms with van der Waals surface area (Å²) in [5.74, 6) is 1.08. The van der Waals surface area contributed by atoms with Crippen molar-refractivity contribution >= 4 is 11.7 Å². The van der Waals surface area contributed by atoms with E-state index in [1.165, 1.54) is 0 Å². The lowest BCUT2D eigenvalue weighted by Crippen LogP contribution is -2.29. The van der Waals surface area contributed by atoms with Crippen molar-refractivity contribution in [1.29, 1.82) is 0 Å². The molecule has 0 aliphatic carbocycles. The highest BCUT2D eigenvalue weighted by Crippen LogP contribution is 2.20. The van der Waals surface area contributed by atoms with Gasteiger partial charge in [0.15, 0.2) is 5.82 Å². The molecular formula is C19H26N4O2. The molecule has 6 nitrogen and oxygen atoms in total. The minimum Gasteiger partial charge on any atom is -0.383 e. The summed E-state index contributed by atoms with van der Waals surface area (Å²) in [5.41, 5.74) is 1.25. The number of amides is 1. The van der Waals surface area contributed by atoms with E-state index in [1.54, 1.807) is 13.2 Å². The zero-order chi connectivity index (χ0) is 18.1. The number of benzene rings is 1. The zero-order valence-corrected chi connectivity index (χ0v) is 15.2. The molecule has 2 aromatic rings. The van der Waals surface area contributed by atoms with Crippen LogP contribution in [-0.4, -0.2) is 49.7 Å². The van der Waals surface area contributed by atoms with E-state index in [0.29, 0.717) is 24.7 Å².